The van der Waals surface area contributed by atoms with Gasteiger partial charge < -0.3 is 5.32 Å². The lowest BCUT2D eigenvalue weighted by Gasteiger charge is -2.09. The SMILES string of the molecule is CCCCc1ccc(NC(=O)CCCNS(=O)(=O)C(C)C)cc1. The summed E-state index contributed by atoms with van der Waals surface area (Å²) < 4.78 is 25.6. The zero-order chi connectivity index (χ0) is 17.3. The molecule has 0 spiro atoms. The van der Waals surface area contributed by atoms with Gasteiger partial charge in [0.05, 0.1) is 5.25 Å². The molecule has 0 saturated carbocycles. The van der Waals surface area contributed by atoms with Crippen molar-refractivity contribution in [2.24, 2.45) is 0 Å². The smallest absolute Gasteiger partial charge is 0.224 e. The van der Waals surface area contributed by atoms with Crippen LogP contribution < -0.4 is 10.0 Å². The average molecular weight is 340 g/mol. The van der Waals surface area contributed by atoms with Crippen LogP contribution in [0.3, 0.4) is 0 Å². The number of hydrogen-bond donors (Lipinski definition) is 2. The molecule has 2 N–H and O–H groups in total. The fraction of sp³-hybridized carbons (Fsp3) is 0.588. The molecule has 130 valence electrons. The Kier molecular flexibility index (Phi) is 8.26. The molecule has 0 aliphatic carbocycles. The molecule has 23 heavy (non-hydrogen) atoms. The number of carbonyl (C=O) groups is 1. The molecule has 1 aromatic rings. The van der Waals surface area contributed by atoms with Crippen molar-refractivity contribution in [1.29, 1.82) is 0 Å². The van der Waals surface area contributed by atoms with Gasteiger partial charge in [-0.15, -0.1) is 0 Å². The number of aryl methyl sites for hydroxylation is 1. The van der Waals surface area contributed by atoms with Gasteiger partial charge >= 0.3 is 0 Å². The van der Waals surface area contributed by atoms with Gasteiger partial charge in [0.25, 0.3) is 0 Å². The van der Waals surface area contributed by atoms with E-state index in [1.165, 1.54) is 12.0 Å². The number of nitrogens with one attached hydrogen (secondary N) is 2. The Labute approximate surface area is 139 Å². The number of amides is 1. The molecule has 0 heterocycles. The fourth-order valence-electron chi connectivity index (χ4n) is 1.99. The maximum absolute atomic E-state index is 11.8. The Bertz CT molecular complexity index is 580. The number of carbonyl (C=O) groups excluding carboxylic acids is 1. The molecule has 0 aliphatic rings. The number of hydrogen-bond acceptors (Lipinski definition) is 3. The number of unbranched alkanes of at least 4 members (excludes halogenated alkanes) is 1. The molecular weight excluding hydrogens is 312 g/mol. The van der Waals surface area contributed by atoms with Crippen molar-refractivity contribution in [2.75, 3.05) is 11.9 Å². The molecule has 0 saturated heterocycles. The van der Waals surface area contributed by atoms with Crippen LogP contribution in [-0.4, -0.2) is 26.1 Å². The van der Waals surface area contributed by atoms with Crippen molar-refractivity contribution in [1.82, 2.24) is 4.72 Å². The van der Waals surface area contributed by atoms with Crippen LogP contribution in [0.1, 0.15) is 52.0 Å². The topological polar surface area (TPSA) is 75.3 Å². The van der Waals surface area contributed by atoms with Crippen molar-refractivity contribution in [3.8, 4) is 0 Å². The predicted molar refractivity (Wildman–Crippen MR) is 95.0 cm³/mol. The minimum Gasteiger partial charge on any atom is -0.326 e. The Hall–Kier alpha value is -1.40. The summed E-state index contributed by atoms with van der Waals surface area (Å²) in [6, 6.07) is 7.87. The number of anilines is 1. The van der Waals surface area contributed by atoms with Crippen molar-refractivity contribution in [2.45, 2.75) is 58.1 Å². The van der Waals surface area contributed by atoms with Gasteiger partial charge in [0, 0.05) is 18.7 Å². The van der Waals surface area contributed by atoms with Gasteiger partial charge in [0.15, 0.2) is 0 Å². The third-order valence-electron chi connectivity index (χ3n) is 3.56. The molecular formula is C17H28N2O3S. The molecule has 0 fully saturated rings. The average Bonchev–Trinajstić information content (AvgIpc) is 2.51. The van der Waals surface area contributed by atoms with Gasteiger partial charge in [-0.1, -0.05) is 25.5 Å². The Morgan fingerprint density at radius 3 is 2.35 bits per heavy atom. The Morgan fingerprint density at radius 1 is 1.13 bits per heavy atom. The van der Waals surface area contributed by atoms with E-state index in [4.69, 9.17) is 0 Å². The van der Waals surface area contributed by atoms with Gasteiger partial charge in [-0.3, -0.25) is 4.79 Å². The van der Waals surface area contributed by atoms with E-state index < -0.39 is 15.3 Å². The first-order valence-electron chi connectivity index (χ1n) is 8.22. The zero-order valence-electron chi connectivity index (χ0n) is 14.3. The minimum atomic E-state index is -3.25. The molecule has 0 bridgehead atoms. The van der Waals surface area contributed by atoms with Crippen molar-refractivity contribution < 1.29 is 13.2 Å². The van der Waals surface area contributed by atoms with Crippen molar-refractivity contribution >= 4 is 21.6 Å². The molecule has 1 aromatic carbocycles. The number of rotatable bonds is 10. The standard InChI is InChI=1S/C17H28N2O3S/c1-4-5-7-15-9-11-16(12-10-15)19-17(20)8-6-13-18-23(21,22)14(2)3/h9-12,14,18H,4-8,13H2,1-3H3,(H,19,20). The lowest BCUT2D eigenvalue weighted by atomic mass is 10.1. The fourth-order valence-corrected chi connectivity index (χ4v) is 2.75. The van der Waals surface area contributed by atoms with Crippen LogP contribution in [0.2, 0.25) is 0 Å². The maximum Gasteiger partial charge on any atom is 0.224 e. The lowest BCUT2D eigenvalue weighted by Crippen LogP contribution is -2.31. The first kappa shape index (κ1) is 19.6. The first-order valence-corrected chi connectivity index (χ1v) is 9.77. The van der Waals surface area contributed by atoms with E-state index in [0.29, 0.717) is 6.42 Å². The van der Waals surface area contributed by atoms with Crippen LogP contribution in [0.4, 0.5) is 5.69 Å². The van der Waals surface area contributed by atoms with Crippen LogP contribution in [0.5, 0.6) is 0 Å². The summed E-state index contributed by atoms with van der Waals surface area (Å²) >= 11 is 0. The molecule has 0 aromatic heterocycles. The van der Waals surface area contributed by atoms with E-state index in [1.807, 2.05) is 24.3 Å². The Balaban J connectivity index is 2.31. The maximum atomic E-state index is 11.8. The molecule has 1 amide bonds. The highest BCUT2D eigenvalue weighted by atomic mass is 32.2. The van der Waals surface area contributed by atoms with Gasteiger partial charge in [0.1, 0.15) is 0 Å². The van der Waals surface area contributed by atoms with E-state index in [-0.39, 0.29) is 18.9 Å². The second-order valence-electron chi connectivity index (χ2n) is 5.94. The quantitative estimate of drug-likeness (QED) is 0.643. The van der Waals surface area contributed by atoms with E-state index in [2.05, 4.69) is 17.0 Å². The van der Waals surface area contributed by atoms with E-state index in [0.717, 1.165) is 18.5 Å². The number of sulfonamides is 1. The second-order valence-corrected chi connectivity index (χ2v) is 8.26. The summed E-state index contributed by atoms with van der Waals surface area (Å²) in [4.78, 5) is 11.8. The molecule has 0 aliphatic heterocycles. The highest BCUT2D eigenvalue weighted by Crippen LogP contribution is 2.12. The first-order chi connectivity index (χ1) is 10.8. The predicted octanol–water partition coefficient (Wildman–Crippen LogP) is 3.08. The molecule has 5 nitrogen and oxygen atoms in total. The molecule has 1 rings (SSSR count). The second kappa shape index (κ2) is 9.67. The molecule has 0 atom stereocenters. The normalized spacial score (nSPS) is 11.7. The van der Waals surface area contributed by atoms with E-state index >= 15 is 0 Å². The molecule has 0 radical (unpaired) electrons. The molecule has 6 heteroatoms. The van der Waals surface area contributed by atoms with Crippen LogP contribution >= 0.6 is 0 Å². The monoisotopic (exact) mass is 340 g/mol. The van der Waals surface area contributed by atoms with Crippen LogP contribution in [-0.2, 0) is 21.2 Å². The van der Waals surface area contributed by atoms with Gasteiger partial charge in [0.2, 0.25) is 15.9 Å². The summed E-state index contributed by atoms with van der Waals surface area (Å²) in [5, 5.41) is 2.37. The summed E-state index contributed by atoms with van der Waals surface area (Å²) in [7, 11) is -3.25. The van der Waals surface area contributed by atoms with Crippen LogP contribution in [0.15, 0.2) is 24.3 Å². The largest absolute Gasteiger partial charge is 0.326 e. The van der Waals surface area contributed by atoms with Crippen molar-refractivity contribution in [3.05, 3.63) is 29.8 Å². The third-order valence-corrected chi connectivity index (χ3v) is 5.41. The summed E-state index contributed by atoms with van der Waals surface area (Å²) in [5.74, 6) is -0.102. The van der Waals surface area contributed by atoms with Gasteiger partial charge in [-0.2, -0.15) is 0 Å². The zero-order valence-corrected chi connectivity index (χ0v) is 15.1. The Morgan fingerprint density at radius 2 is 1.78 bits per heavy atom. The van der Waals surface area contributed by atoms with Gasteiger partial charge in [-0.05, 0) is 50.8 Å². The minimum absolute atomic E-state index is 0.102. The van der Waals surface area contributed by atoms with Gasteiger partial charge in [-0.25, -0.2) is 13.1 Å². The summed E-state index contributed by atoms with van der Waals surface area (Å²) in [5.41, 5.74) is 2.05. The van der Waals surface area contributed by atoms with E-state index in [1.54, 1.807) is 13.8 Å². The summed E-state index contributed by atoms with van der Waals surface area (Å²) in [6.45, 7) is 5.69. The lowest BCUT2D eigenvalue weighted by molar-refractivity contribution is -0.116. The van der Waals surface area contributed by atoms with E-state index in [9.17, 15) is 13.2 Å². The van der Waals surface area contributed by atoms with Crippen LogP contribution in [0, 0.1) is 0 Å². The van der Waals surface area contributed by atoms with Crippen LogP contribution in [0.25, 0.3) is 0 Å². The third kappa shape index (κ3) is 7.61. The highest BCUT2D eigenvalue weighted by Gasteiger charge is 2.14. The number of benzene rings is 1. The summed E-state index contributed by atoms with van der Waals surface area (Å²) in [6.07, 6.45) is 4.16. The molecule has 0 unspecified atom stereocenters. The highest BCUT2D eigenvalue weighted by molar-refractivity contribution is 7.90. The van der Waals surface area contributed by atoms with Crippen molar-refractivity contribution in [3.63, 3.8) is 0 Å².